The zero-order chi connectivity index (χ0) is 13.1. The first-order chi connectivity index (χ1) is 8.63. The van der Waals surface area contributed by atoms with Crippen molar-refractivity contribution in [1.29, 1.82) is 0 Å². The van der Waals surface area contributed by atoms with Gasteiger partial charge in [0, 0.05) is 24.5 Å². The number of hydrogen-bond donors (Lipinski definition) is 1. The van der Waals surface area contributed by atoms with Crippen LogP contribution >= 0.6 is 0 Å². The molecule has 2 rings (SSSR count). The molecule has 2 aromatic rings. The molecule has 0 spiro atoms. The predicted molar refractivity (Wildman–Crippen MR) is 68.9 cm³/mol. The van der Waals surface area contributed by atoms with Crippen LogP contribution in [0.1, 0.15) is 31.2 Å². The van der Waals surface area contributed by atoms with E-state index < -0.39 is 0 Å². The molecule has 0 bridgehead atoms. The average molecular weight is 246 g/mol. The van der Waals surface area contributed by atoms with Crippen molar-refractivity contribution in [3.8, 4) is 11.4 Å². The van der Waals surface area contributed by atoms with Gasteiger partial charge in [-0.15, -0.1) is 0 Å². The Labute approximate surface area is 106 Å². The molecule has 5 heteroatoms. The van der Waals surface area contributed by atoms with Gasteiger partial charge in [-0.3, -0.25) is 4.98 Å². The van der Waals surface area contributed by atoms with Crippen molar-refractivity contribution in [2.24, 2.45) is 11.7 Å². The SMILES string of the molecule is Cc1ccncc1-c1noc(C(CN)C(C)C)n1. The minimum atomic E-state index is 0.100. The topological polar surface area (TPSA) is 77.8 Å². The van der Waals surface area contributed by atoms with E-state index in [0.29, 0.717) is 24.2 Å². The van der Waals surface area contributed by atoms with E-state index in [1.54, 1.807) is 12.4 Å². The van der Waals surface area contributed by atoms with Crippen molar-refractivity contribution in [1.82, 2.24) is 15.1 Å². The minimum Gasteiger partial charge on any atom is -0.339 e. The van der Waals surface area contributed by atoms with Crippen LogP contribution in [0.25, 0.3) is 11.4 Å². The second-order valence-electron chi connectivity index (χ2n) is 4.73. The van der Waals surface area contributed by atoms with Crippen LogP contribution in [0.15, 0.2) is 23.0 Å². The number of nitrogens with two attached hydrogens (primary N) is 1. The summed E-state index contributed by atoms with van der Waals surface area (Å²) in [6.45, 7) is 6.69. The van der Waals surface area contributed by atoms with Crippen molar-refractivity contribution < 1.29 is 4.52 Å². The molecular weight excluding hydrogens is 228 g/mol. The van der Waals surface area contributed by atoms with Crippen molar-refractivity contribution in [2.75, 3.05) is 6.54 Å². The molecule has 0 aliphatic carbocycles. The molecule has 18 heavy (non-hydrogen) atoms. The van der Waals surface area contributed by atoms with Gasteiger partial charge in [0.15, 0.2) is 0 Å². The summed E-state index contributed by atoms with van der Waals surface area (Å²) in [6, 6.07) is 1.92. The van der Waals surface area contributed by atoms with Crippen LogP contribution in [0, 0.1) is 12.8 Å². The Morgan fingerprint density at radius 3 is 2.78 bits per heavy atom. The van der Waals surface area contributed by atoms with Crippen molar-refractivity contribution in [3.63, 3.8) is 0 Å². The van der Waals surface area contributed by atoms with Gasteiger partial charge in [0.2, 0.25) is 11.7 Å². The van der Waals surface area contributed by atoms with E-state index in [9.17, 15) is 0 Å². The van der Waals surface area contributed by atoms with Crippen LogP contribution < -0.4 is 5.73 Å². The zero-order valence-electron chi connectivity index (χ0n) is 10.9. The lowest BCUT2D eigenvalue weighted by Gasteiger charge is -2.13. The Hall–Kier alpha value is -1.75. The lowest BCUT2D eigenvalue weighted by molar-refractivity contribution is 0.324. The highest BCUT2D eigenvalue weighted by Gasteiger charge is 2.21. The normalized spacial score (nSPS) is 12.9. The Kier molecular flexibility index (Phi) is 3.72. The molecular formula is C13H18N4O. The van der Waals surface area contributed by atoms with Crippen LogP contribution in [0.2, 0.25) is 0 Å². The van der Waals surface area contributed by atoms with E-state index in [1.807, 2.05) is 13.0 Å². The quantitative estimate of drug-likeness (QED) is 0.894. The van der Waals surface area contributed by atoms with Gasteiger partial charge in [0.1, 0.15) is 0 Å². The van der Waals surface area contributed by atoms with Crippen LogP contribution in [-0.4, -0.2) is 21.7 Å². The van der Waals surface area contributed by atoms with Crippen molar-refractivity contribution in [2.45, 2.75) is 26.7 Å². The molecule has 96 valence electrons. The number of aromatic nitrogens is 3. The van der Waals surface area contributed by atoms with E-state index in [2.05, 4.69) is 29.0 Å². The molecule has 0 radical (unpaired) electrons. The van der Waals surface area contributed by atoms with Gasteiger partial charge >= 0.3 is 0 Å². The van der Waals surface area contributed by atoms with Gasteiger partial charge in [0.05, 0.1) is 5.92 Å². The average Bonchev–Trinajstić information content (AvgIpc) is 2.79. The monoisotopic (exact) mass is 246 g/mol. The number of nitrogens with zero attached hydrogens (tertiary/aromatic N) is 3. The third kappa shape index (κ3) is 2.41. The van der Waals surface area contributed by atoms with E-state index >= 15 is 0 Å². The maximum absolute atomic E-state index is 5.74. The summed E-state index contributed by atoms with van der Waals surface area (Å²) < 4.78 is 5.32. The summed E-state index contributed by atoms with van der Waals surface area (Å²) in [6.07, 6.45) is 3.49. The van der Waals surface area contributed by atoms with E-state index in [0.717, 1.165) is 11.1 Å². The highest BCUT2D eigenvalue weighted by atomic mass is 16.5. The molecule has 2 N–H and O–H groups in total. The van der Waals surface area contributed by atoms with Gasteiger partial charge in [-0.05, 0) is 24.5 Å². The summed E-state index contributed by atoms with van der Waals surface area (Å²) in [7, 11) is 0. The summed E-state index contributed by atoms with van der Waals surface area (Å²) in [5.74, 6) is 1.65. The predicted octanol–water partition coefficient (Wildman–Crippen LogP) is 2.14. The first-order valence-corrected chi connectivity index (χ1v) is 6.08. The van der Waals surface area contributed by atoms with Crippen LogP contribution in [0.3, 0.4) is 0 Å². The third-order valence-corrected chi connectivity index (χ3v) is 3.10. The van der Waals surface area contributed by atoms with Gasteiger partial charge in [-0.1, -0.05) is 19.0 Å². The van der Waals surface area contributed by atoms with Gasteiger partial charge < -0.3 is 10.3 Å². The zero-order valence-corrected chi connectivity index (χ0v) is 10.9. The van der Waals surface area contributed by atoms with Crippen molar-refractivity contribution in [3.05, 3.63) is 29.9 Å². The summed E-state index contributed by atoms with van der Waals surface area (Å²) in [5.41, 5.74) is 7.71. The molecule has 1 unspecified atom stereocenters. The largest absolute Gasteiger partial charge is 0.339 e. The highest BCUT2D eigenvalue weighted by Crippen LogP contribution is 2.25. The lowest BCUT2D eigenvalue weighted by atomic mass is 9.96. The molecule has 5 nitrogen and oxygen atoms in total. The maximum atomic E-state index is 5.74. The first kappa shape index (κ1) is 12.7. The molecule has 0 saturated carbocycles. The molecule has 2 heterocycles. The number of hydrogen-bond acceptors (Lipinski definition) is 5. The van der Waals surface area contributed by atoms with Gasteiger partial charge in [-0.2, -0.15) is 4.98 Å². The fourth-order valence-corrected chi connectivity index (χ4v) is 1.85. The van der Waals surface area contributed by atoms with Gasteiger partial charge in [-0.25, -0.2) is 0 Å². The summed E-state index contributed by atoms with van der Waals surface area (Å²) in [4.78, 5) is 8.52. The fourth-order valence-electron chi connectivity index (χ4n) is 1.85. The Morgan fingerprint density at radius 1 is 1.39 bits per heavy atom. The molecule has 0 saturated heterocycles. The fraction of sp³-hybridized carbons (Fsp3) is 0.462. The smallest absolute Gasteiger partial charge is 0.231 e. The molecule has 0 aliphatic heterocycles. The Bertz CT molecular complexity index is 521. The number of pyridine rings is 1. The highest BCUT2D eigenvalue weighted by molar-refractivity contribution is 5.57. The lowest BCUT2D eigenvalue weighted by Crippen LogP contribution is -2.18. The third-order valence-electron chi connectivity index (χ3n) is 3.10. The molecule has 0 aromatic carbocycles. The van der Waals surface area contributed by atoms with E-state index in [-0.39, 0.29) is 5.92 Å². The molecule has 0 aliphatic rings. The minimum absolute atomic E-state index is 0.100. The van der Waals surface area contributed by atoms with Crippen LogP contribution in [0.5, 0.6) is 0 Å². The van der Waals surface area contributed by atoms with Crippen molar-refractivity contribution >= 4 is 0 Å². The maximum Gasteiger partial charge on any atom is 0.231 e. The second kappa shape index (κ2) is 5.27. The van der Waals surface area contributed by atoms with Crippen LogP contribution in [-0.2, 0) is 0 Å². The van der Waals surface area contributed by atoms with Gasteiger partial charge in [0.25, 0.3) is 0 Å². The second-order valence-corrected chi connectivity index (χ2v) is 4.73. The summed E-state index contributed by atoms with van der Waals surface area (Å²) >= 11 is 0. The van der Waals surface area contributed by atoms with Crippen LogP contribution in [0.4, 0.5) is 0 Å². The molecule has 0 fully saturated rings. The standard InChI is InChI=1S/C13H18N4O/c1-8(2)10(6-14)13-16-12(17-18-13)11-7-15-5-4-9(11)3/h4-5,7-8,10H,6,14H2,1-3H3. The molecule has 1 atom stereocenters. The Balaban J connectivity index is 2.34. The number of aryl methyl sites for hydroxylation is 1. The van der Waals surface area contributed by atoms with E-state index in [4.69, 9.17) is 10.3 Å². The first-order valence-electron chi connectivity index (χ1n) is 6.08. The Morgan fingerprint density at radius 2 is 2.17 bits per heavy atom. The number of rotatable bonds is 4. The molecule has 2 aromatic heterocycles. The summed E-state index contributed by atoms with van der Waals surface area (Å²) in [5, 5.41) is 4.02. The van der Waals surface area contributed by atoms with E-state index in [1.165, 1.54) is 0 Å². The molecule has 0 amide bonds.